The molecule has 0 fully saturated rings. The van der Waals surface area contributed by atoms with Crippen LogP contribution in [0.15, 0.2) is 30.3 Å². The van der Waals surface area contributed by atoms with Crippen molar-refractivity contribution in [2.75, 3.05) is 32.8 Å². The molecule has 0 bridgehead atoms. The monoisotopic (exact) mass is 405 g/mol. The van der Waals surface area contributed by atoms with Crippen molar-refractivity contribution in [2.45, 2.75) is 0 Å². The molecule has 0 aliphatic rings. The maximum atomic E-state index is 12.6. The summed E-state index contributed by atoms with van der Waals surface area (Å²) in [5.41, 5.74) is -0.261. The number of nitrogens with zero attached hydrogens (tertiary/aromatic N) is 2. The van der Waals surface area contributed by atoms with Crippen molar-refractivity contribution in [2.24, 2.45) is 0 Å². The number of hydrogen-bond acceptors (Lipinski definition) is 7. The number of carbonyl (C=O) groups is 1. The normalized spacial score (nSPS) is 10.1. The number of carbonyl (C=O) groups excluding carboxylic acids is 1. The molecule has 2 aromatic carbocycles. The molecule has 0 aromatic heterocycles. The van der Waals surface area contributed by atoms with Gasteiger partial charge in [0.25, 0.3) is 11.6 Å². The fraction of sp³-hybridized carbons (Fsp3) is 0.222. The van der Waals surface area contributed by atoms with Gasteiger partial charge in [0.05, 0.1) is 35.3 Å². The predicted molar refractivity (Wildman–Crippen MR) is 101 cm³/mol. The number of hydrogen-bond donors (Lipinski definition) is 1. The largest absolute Gasteiger partial charge is 0.493 e. The van der Waals surface area contributed by atoms with Crippen molar-refractivity contribution >= 4 is 28.9 Å². The number of nitriles is 1. The van der Waals surface area contributed by atoms with E-state index < -0.39 is 16.5 Å². The fourth-order valence-corrected chi connectivity index (χ4v) is 2.44. The molecular weight excluding hydrogens is 390 g/mol. The summed E-state index contributed by atoms with van der Waals surface area (Å²) >= 11 is 5.86. The highest BCUT2D eigenvalue weighted by Gasteiger charge is 2.25. The van der Waals surface area contributed by atoms with E-state index in [-0.39, 0.29) is 46.5 Å². The molecule has 0 aliphatic carbocycles. The number of halogens is 1. The molecule has 0 unspecified atom stereocenters. The Bertz CT molecular complexity index is 942. The zero-order valence-corrected chi connectivity index (χ0v) is 15.8. The van der Waals surface area contributed by atoms with E-state index in [1.54, 1.807) is 0 Å². The summed E-state index contributed by atoms with van der Waals surface area (Å²) in [6, 6.07) is 8.51. The van der Waals surface area contributed by atoms with Crippen LogP contribution in [0.1, 0.15) is 15.9 Å². The third-order valence-corrected chi connectivity index (χ3v) is 3.94. The Morgan fingerprint density at radius 3 is 2.61 bits per heavy atom. The molecule has 2 rings (SSSR count). The molecule has 1 N–H and O–H groups in total. The molecule has 0 radical (unpaired) electrons. The summed E-state index contributed by atoms with van der Waals surface area (Å²) in [7, 11) is 2.84. The number of nitro groups is 1. The van der Waals surface area contributed by atoms with Gasteiger partial charge < -0.3 is 19.5 Å². The molecule has 1 amide bonds. The number of nitro benzene ring substituents is 1. The summed E-state index contributed by atoms with van der Waals surface area (Å²) in [6.07, 6.45) is 0. The van der Waals surface area contributed by atoms with E-state index in [4.69, 9.17) is 31.1 Å². The zero-order valence-electron chi connectivity index (χ0n) is 15.0. The first-order valence-electron chi connectivity index (χ1n) is 7.90. The minimum atomic E-state index is -0.750. The molecule has 9 nitrogen and oxygen atoms in total. The van der Waals surface area contributed by atoms with E-state index in [1.165, 1.54) is 38.5 Å². The van der Waals surface area contributed by atoms with Gasteiger partial charge in [0.2, 0.25) is 0 Å². The number of amides is 1. The lowest BCUT2D eigenvalue weighted by atomic mass is 10.1. The lowest BCUT2D eigenvalue weighted by Gasteiger charge is -2.13. The molecule has 0 saturated heterocycles. The van der Waals surface area contributed by atoms with Crippen LogP contribution in [0.5, 0.6) is 11.5 Å². The van der Waals surface area contributed by atoms with E-state index in [0.29, 0.717) is 0 Å². The molecule has 146 valence electrons. The average Bonchev–Trinajstić information content (AvgIpc) is 2.68. The van der Waals surface area contributed by atoms with Crippen LogP contribution in [0, 0.1) is 21.4 Å². The maximum absolute atomic E-state index is 12.6. The summed E-state index contributed by atoms with van der Waals surface area (Å²) < 4.78 is 15.5. The second-order valence-corrected chi connectivity index (χ2v) is 5.79. The van der Waals surface area contributed by atoms with E-state index in [0.717, 1.165) is 6.07 Å². The lowest BCUT2D eigenvalue weighted by Crippen LogP contribution is -2.15. The van der Waals surface area contributed by atoms with Crippen LogP contribution >= 0.6 is 11.6 Å². The number of rotatable bonds is 8. The van der Waals surface area contributed by atoms with E-state index in [2.05, 4.69) is 5.32 Å². The molecule has 0 aliphatic heterocycles. The van der Waals surface area contributed by atoms with Gasteiger partial charge in [-0.15, -0.1) is 0 Å². The van der Waals surface area contributed by atoms with Gasteiger partial charge in [-0.3, -0.25) is 14.9 Å². The van der Waals surface area contributed by atoms with Gasteiger partial charge in [0, 0.05) is 18.9 Å². The molecule has 0 atom stereocenters. The Morgan fingerprint density at radius 2 is 2.00 bits per heavy atom. The Morgan fingerprint density at radius 1 is 1.25 bits per heavy atom. The molecule has 2 aromatic rings. The molecule has 10 heteroatoms. The SMILES string of the molecule is COCCOc1cc([N+](=O)[O-])c(C(=O)Nc2ccc(Cl)c(C#N)c2)cc1OC. The summed E-state index contributed by atoms with van der Waals surface area (Å²) in [6.45, 7) is 0.425. The third kappa shape index (κ3) is 4.88. The first-order chi connectivity index (χ1) is 13.4. The molecule has 0 heterocycles. The van der Waals surface area contributed by atoms with Gasteiger partial charge in [0.1, 0.15) is 18.2 Å². The Kier molecular flexibility index (Phi) is 7.14. The van der Waals surface area contributed by atoms with Crippen molar-refractivity contribution < 1.29 is 23.9 Å². The van der Waals surface area contributed by atoms with Gasteiger partial charge >= 0.3 is 0 Å². The Hall–Kier alpha value is -3.35. The van der Waals surface area contributed by atoms with E-state index in [1.807, 2.05) is 6.07 Å². The lowest BCUT2D eigenvalue weighted by molar-refractivity contribution is -0.385. The van der Waals surface area contributed by atoms with Crippen LogP contribution in [-0.2, 0) is 4.74 Å². The van der Waals surface area contributed by atoms with Gasteiger partial charge in [0.15, 0.2) is 11.5 Å². The Labute approximate surface area is 165 Å². The van der Waals surface area contributed by atoms with Gasteiger partial charge in [-0.05, 0) is 18.2 Å². The van der Waals surface area contributed by atoms with Crippen LogP contribution in [0.2, 0.25) is 5.02 Å². The molecule has 0 spiro atoms. The summed E-state index contributed by atoms with van der Waals surface area (Å²) in [5.74, 6) is -0.485. The minimum absolute atomic E-state index is 0.112. The predicted octanol–water partition coefficient (Wildman–Crippen LogP) is 3.41. The smallest absolute Gasteiger partial charge is 0.286 e. The van der Waals surface area contributed by atoms with Crippen molar-refractivity contribution in [1.29, 1.82) is 5.26 Å². The van der Waals surface area contributed by atoms with Gasteiger partial charge in [-0.1, -0.05) is 11.6 Å². The highest BCUT2D eigenvalue weighted by molar-refractivity contribution is 6.31. The van der Waals surface area contributed by atoms with Crippen LogP contribution in [0.4, 0.5) is 11.4 Å². The van der Waals surface area contributed by atoms with Crippen LogP contribution in [-0.4, -0.2) is 38.3 Å². The number of nitrogens with one attached hydrogen (secondary N) is 1. The molecule has 0 saturated carbocycles. The molecule has 28 heavy (non-hydrogen) atoms. The van der Waals surface area contributed by atoms with E-state index in [9.17, 15) is 14.9 Å². The van der Waals surface area contributed by atoms with Crippen molar-refractivity contribution in [3.8, 4) is 17.6 Å². The highest BCUT2D eigenvalue weighted by Crippen LogP contribution is 2.35. The van der Waals surface area contributed by atoms with Gasteiger partial charge in [-0.2, -0.15) is 5.26 Å². The standard InChI is InChI=1S/C18H16ClN3O6/c1-26-5-6-28-17-9-15(22(24)25)13(8-16(17)27-2)18(23)21-12-3-4-14(19)11(7-12)10-20/h3-4,7-9H,5-6H2,1-2H3,(H,21,23). The second kappa shape index (κ2) is 9.55. The average molecular weight is 406 g/mol. The van der Waals surface area contributed by atoms with Crippen LogP contribution < -0.4 is 14.8 Å². The first-order valence-corrected chi connectivity index (χ1v) is 8.28. The quantitative estimate of drug-likeness (QED) is 0.405. The topological polar surface area (TPSA) is 124 Å². The van der Waals surface area contributed by atoms with Crippen LogP contribution in [0.25, 0.3) is 0 Å². The van der Waals surface area contributed by atoms with Crippen LogP contribution in [0.3, 0.4) is 0 Å². The second-order valence-electron chi connectivity index (χ2n) is 5.38. The number of ether oxygens (including phenoxy) is 3. The van der Waals surface area contributed by atoms with Crippen molar-refractivity contribution in [3.05, 3.63) is 56.6 Å². The van der Waals surface area contributed by atoms with Gasteiger partial charge in [-0.25, -0.2) is 0 Å². The number of methoxy groups -OCH3 is 2. The van der Waals surface area contributed by atoms with Crippen molar-refractivity contribution in [1.82, 2.24) is 0 Å². The minimum Gasteiger partial charge on any atom is -0.493 e. The number of anilines is 1. The van der Waals surface area contributed by atoms with E-state index >= 15 is 0 Å². The number of benzene rings is 2. The zero-order chi connectivity index (χ0) is 20.7. The molecular formula is C18H16ClN3O6. The summed E-state index contributed by atoms with van der Waals surface area (Å²) in [5, 5.41) is 23.2. The Balaban J connectivity index is 2.38. The fourth-order valence-electron chi connectivity index (χ4n) is 2.28. The first kappa shape index (κ1) is 21.0. The summed E-state index contributed by atoms with van der Waals surface area (Å²) in [4.78, 5) is 23.4. The third-order valence-electron chi connectivity index (χ3n) is 3.61. The highest BCUT2D eigenvalue weighted by atomic mass is 35.5. The maximum Gasteiger partial charge on any atom is 0.286 e. The van der Waals surface area contributed by atoms with Crippen molar-refractivity contribution in [3.63, 3.8) is 0 Å².